The Morgan fingerprint density at radius 3 is 2.96 bits per heavy atom. The van der Waals surface area contributed by atoms with Crippen LogP contribution in [0.2, 0.25) is 0 Å². The highest BCUT2D eigenvalue weighted by Gasteiger charge is 2.27. The van der Waals surface area contributed by atoms with E-state index in [1.165, 1.54) is 18.2 Å². The van der Waals surface area contributed by atoms with E-state index in [1.54, 1.807) is 18.2 Å². The minimum Gasteiger partial charge on any atom is -0.486 e. The van der Waals surface area contributed by atoms with E-state index in [0.29, 0.717) is 28.3 Å². The SMILES string of the molecule is Cc1c(C#N)ccc2c1CCC2Oc1ccc(N)c(C(=N)c2cnco2)c1. The minimum absolute atomic E-state index is 0.0811. The van der Waals surface area contributed by atoms with Gasteiger partial charge in [-0.1, -0.05) is 6.07 Å². The molecule has 1 aliphatic rings. The van der Waals surface area contributed by atoms with Crippen LogP contribution < -0.4 is 10.5 Å². The van der Waals surface area contributed by atoms with Crippen LogP contribution in [0.1, 0.15) is 46.1 Å². The van der Waals surface area contributed by atoms with Gasteiger partial charge in [-0.25, -0.2) is 4.98 Å². The normalized spacial score (nSPS) is 15.2. The third-order valence-corrected chi connectivity index (χ3v) is 5.01. The van der Waals surface area contributed by atoms with E-state index < -0.39 is 0 Å². The second kappa shape index (κ2) is 6.61. The topological polar surface area (TPSA) is 109 Å². The Labute approximate surface area is 156 Å². The molecule has 0 spiro atoms. The smallest absolute Gasteiger partial charge is 0.181 e. The van der Waals surface area contributed by atoms with Crippen LogP contribution in [0, 0.1) is 23.7 Å². The van der Waals surface area contributed by atoms with Crippen molar-refractivity contribution in [2.24, 2.45) is 0 Å². The van der Waals surface area contributed by atoms with Gasteiger partial charge in [-0.15, -0.1) is 0 Å². The summed E-state index contributed by atoms with van der Waals surface area (Å²) in [6.07, 6.45) is 4.43. The van der Waals surface area contributed by atoms with E-state index in [0.717, 1.165) is 24.0 Å². The lowest BCUT2D eigenvalue weighted by Crippen LogP contribution is -2.08. The number of oxazole rings is 1. The Bertz CT molecular complexity index is 1060. The number of nitrogens with zero attached hydrogens (tertiary/aromatic N) is 2. The van der Waals surface area contributed by atoms with E-state index >= 15 is 0 Å². The van der Waals surface area contributed by atoms with Gasteiger partial charge in [0.1, 0.15) is 17.6 Å². The van der Waals surface area contributed by atoms with E-state index in [9.17, 15) is 5.26 Å². The molecule has 0 saturated heterocycles. The molecule has 2 aromatic carbocycles. The molecule has 0 fully saturated rings. The number of ether oxygens (including phenoxy) is 1. The summed E-state index contributed by atoms with van der Waals surface area (Å²) in [5.41, 5.74) is 11.3. The van der Waals surface area contributed by atoms with Crippen molar-refractivity contribution in [3.05, 3.63) is 76.5 Å². The first-order valence-corrected chi connectivity index (χ1v) is 8.65. The second-order valence-corrected chi connectivity index (χ2v) is 6.55. The first-order valence-electron chi connectivity index (χ1n) is 8.65. The number of nitrogen functional groups attached to an aromatic ring is 1. The fourth-order valence-corrected chi connectivity index (χ4v) is 3.55. The van der Waals surface area contributed by atoms with Crippen molar-refractivity contribution in [1.29, 1.82) is 10.7 Å². The maximum absolute atomic E-state index is 9.21. The molecule has 1 unspecified atom stereocenters. The Morgan fingerprint density at radius 2 is 2.22 bits per heavy atom. The van der Waals surface area contributed by atoms with Crippen LogP contribution in [0.25, 0.3) is 0 Å². The highest BCUT2D eigenvalue weighted by molar-refractivity contribution is 6.12. The Hall–Kier alpha value is -3.59. The van der Waals surface area contributed by atoms with Gasteiger partial charge >= 0.3 is 0 Å². The van der Waals surface area contributed by atoms with Crippen LogP contribution in [0.4, 0.5) is 5.69 Å². The molecule has 3 aromatic rings. The molecule has 0 radical (unpaired) electrons. The molecule has 1 atom stereocenters. The zero-order valence-corrected chi connectivity index (χ0v) is 14.8. The van der Waals surface area contributed by atoms with Crippen molar-refractivity contribution >= 4 is 11.4 Å². The van der Waals surface area contributed by atoms with Crippen molar-refractivity contribution in [2.45, 2.75) is 25.9 Å². The molecule has 0 aliphatic heterocycles. The molecular formula is C21H18N4O2. The lowest BCUT2D eigenvalue weighted by molar-refractivity contribution is 0.207. The first-order chi connectivity index (χ1) is 13.1. The maximum Gasteiger partial charge on any atom is 0.181 e. The summed E-state index contributed by atoms with van der Waals surface area (Å²) in [7, 11) is 0. The van der Waals surface area contributed by atoms with Gasteiger partial charge in [0, 0.05) is 11.3 Å². The van der Waals surface area contributed by atoms with Gasteiger partial charge in [-0.2, -0.15) is 5.26 Å². The molecule has 134 valence electrons. The number of hydrogen-bond donors (Lipinski definition) is 2. The second-order valence-electron chi connectivity index (χ2n) is 6.55. The van der Waals surface area contributed by atoms with Crippen molar-refractivity contribution < 1.29 is 9.15 Å². The number of anilines is 1. The Kier molecular flexibility index (Phi) is 4.13. The molecule has 1 aromatic heterocycles. The lowest BCUT2D eigenvalue weighted by Gasteiger charge is -2.17. The van der Waals surface area contributed by atoms with Crippen LogP contribution in [0.5, 0.6) is 5.75 Å². The quantitative estimate of drug-likeness (QED) is 0.543. The molecule has 1 heterocycles. The number of fused-ring (bicyclic) bond motifs is 1. The molecular weight excluding hydrogens is 340 g/mol. The van der Waals surface area contributed by atoms with Gasteiger partial charge in [0.25, 0.3) is 0 Å². The summed E-state index contributed by atoms with van der Waals surface area (Å²) in [4.78, 5) is 3.85. The average molecular weight is 358 g/mol. The Balaban J connectivity index is 1.62. The van der Waals surface area contributed by atoms with E-state index in [-0.39, 0.29) is 11.8 Å². The van der Waals surface area contributed by atoms with Gasteiger partial charge in [-0.05, 0) is 60.7 Å². The van der Waals surface area contributed by atoms with Gasteiger partial charge < -0.3 is 14.9 Å². The highest BCUT2D eigenvalue weighted by atomic mass is 16.5. The Morgan fingerprint density at radius 1 is 1.37 bits per heavy atom. The monoisotopic (exact) mass is 358 g/mol. The van der Waals surface area contributed by atoms with Crippen LogP contribution >= 0.6 is 0 Å². The lowest BCUT2D eigenvalue weighted by atomic mass is 9.99. The summed E-state index contributed by atoms with van der Waals surface area (Å²) in [6, 6.07) is 11.4. The highest BCUT2D eigenvalue weighted by Crippen LogP contribution is 2.38. The summed E-state index contributed by atoms with van der Waals surface area (Å²) in [5, 5.41) is 17.5. The predicted octanol–water partition coefficient (Wildman–Crippen LogP) is 3.92. The molecule has 4 rings (SSSR count). The predicted molar refractivity (Wildman–Crippen MR) is 101 cm³/mol. The minimum atomic E-state index is -0.0811. The first kappa shape index (κ1) is 16.9. The van der Waals surface area contributed by atoms with Crippen LogP contribution in [-0.2, 0) is 6.42 Å². The van der Waals surface area contributed by atoms with Crippen molar-refractivity contribution in [3.63, 3.8) is 0 Å². The van der Waals surface area contributed by atoms with Crippen molar-refractivity contribution in [1.82, 2.24) is 4.98 Å². The summed E-state index contributed by atoms with van der Waals surface area (Å²) in [6.45, 7) is 1.99. The van der Waals surface area contributed by atoms with Gasteiger partial charge in [-0.3, -0.25) is 5.41 Å². The number of rotatable bonds is 4. The van der Waals surface area contributed by atoms with Gasteiger partial charge in [0.05, 0.1) is 17.8 Å². The molecule has 0 saturated carbocycles. The summed E-state index contributed by atoms with van der Waals surface area (Å²) >= 11 is 0. The fourth-order valence-electron chi connectivity index (χ4n) is 3.55. The molecule has 1 aliphatic carbocycles. The number of nitrogens with one attached hydrogen (secondary N) is 1. The number of nitriles is 1. The number of aromatic nitrogens is 1. The number of nitrogens with two attached hydrogens (primary N) is 1. The molecule has 3 N–H and O–H groups in total. The summed E-state index contributed by atoms with van der Waals surface area (Å²) in [5.74, 6) is 0.994. The third kappa shape index (κ3) is 2.93. The third-order valence-electron chi connectivity index (χ3n) is 5.01. The zero-order valence-electron chi connectivity index (χ0n) is 14.8. The van der Waals surface area contributed by atoms with E-state index in [4.69, 9.17) is 20.3 Å². The van der Waals surface area contributed by atoms with Crippen LogP contribution in [-0.4, -0.2) is 10.7 Å². The molecule has 0 bridgehead atoms. The van der Waals surface area contributed by atoms with E-state index in [1.807, 2.05) is 19.1 Å². The van der Waals surface area contributed by atoms with Crippen molar-refractivity contribution in [2.75, 3.05) is 5.73 Å². The zero-order chi connectivity index (χ0) is 19.0. The van der Waals surface area contributed by atoms with E-state index in [2.05, 4.69) is 11.1 Å². The summed E-state index contributed by atoms with van der Waals surface area (Å²) < 4.78 is 11.4. The average Bonchev–Trinajstić information content (AvgIpc) is 3.34. The van der Waals surface area contributed by atoms with Crippen LogP contribution in [0.15, 0.2) is 47.3 Å². The molecule has 6 heteroatoms. The number of benzene rings is 2. The molecule has 27 heavy (non-hydrogen) atoms. The number of hydrogen-bond acceptors (Lipinski definition) is 6. The largest absolute Gasteiger partial charge is 0.486 e. The van der Waals surface area contributed by atoms with Crippen molar-refractivity contribution in [3.8, 4) is 11.8 Å². The maximum atomic E-state index is 9.21. The molecule has 0 amide bonds. The molecule has 6 nitrogen and oxygen atoms in total. The van der Waals surface area contributed by atoms with Gasteiger partial charge in [0.2, 0.25) is 0 Å². The standard InChI is InChI=1S/C21H18N4O2/c1-12-13(9-22)2-4-16-15(12)5-7-19(16)27-14-3-6-18(23)17(8-14)21(24)20-10-25-11-26-20/h2-4,6,8,10-11,19,24H,5,7,23H2,1H3. The van der Waals surface area contributed by atoms with Crippen LogP contribution in [0.3, 0.4) is 0 Å². The fraction of sp³-hybridized carbons (Fsp3) is 0.190. The van der Waals surface area contributed by atoms with Gasteiger partial charge in [0.15, 0.2) is 12.2 Å².